The normalized spacial score (nSPS) is 10.9. The molecule has 0 radical (unpaired) electrons. The minimum atomic E-state index is -0.168. The first-order chi connectivity index (χ1) is 14.3. The van der Waals surface area contributed by atoms with Gasteiger partial charge >= 0.3 is 0 Å². The summed E-state index contributed by atoms with van der Waals surface area (Å²) in [5, 5.41) is 2.97. The van der Waals surface area contributed by atoms with Crippen LogP contribution in [0.1, 0.15) is 10.4 Å². The number of hydrogen-bond donors (Lipinski definition) is 1. The molecule has 0 fully saturated rings. The number of imidazole rings is 2. The van der Waals surface area contributed by atoms with E-state index in [4.69, 9.17) is 0 Å². The molecule has 0 aliphatic rings. The van der Waals surface area contributed by atoms with Gasteiger partial charge < -0.3 is 9.88 Å². The number of nitrogens with zero attached hydrogens (tertiary/aromatic N) is 4. The highest BCUT2D eigenvalue weighted by atomic mass is 16.1. The van der Waals surface area contributed by atoms with Crippen LogP contribution in [0, 0.1) is 0 Å². The lowest BCUT2D eigenvalue weighted by atomic mass is 10.1. The summed E-state index contributed by atoms with van der Waals surface area (Å²) in [5.74, 6) is -0.168. The molecule has 0 aliphatic carbocycles. The SMILES string of the molecule is O=C(Nc1cccc(-n2ccnc2)c1)c1cccc(-n2cnc3ccccc32)c1. The van der Waals surface area contributed by atoms with Crippen LogP contribution in [0.3, 0.4) is 0 Å². The van der Waals surface area contributed by atoms with Gasteiger partial charge in [-0.05, 0) is 48.5 Å². The number of carbonyl (C=O) groups is 1. The van der Waals surface area contributed by atoms with Gasteiger partial charge in [0.15, 0.2) is 0 Å². The second kappa shape index (κ2) is 7.09. The summed E-state index contributed by atoms with van der Waals surface area (Å²) < 4.78 is 3.87. The van der Waals surface area contributed by atoms with E-state index in [0.29, 0.717) is 5.56 Å². The van der Waals surface area contributed by atoms with E-state index in [1.165, 1.54) is 0 Å². The number of carbonyl (C=O) groups excluding carboxylic acids is 1. The molecule has 0 saturated carbocycles. The Morgan fingerprint density at radius 2 is 1.72 bits per heavy atom. The van der Waals surface area contributed by atoms with Crippen LogP contribution in [0.2, 0.25) is 0 Å². The molecule has 5 rings (SSSR count). The Morgan fingerprint density at radius 1 is 0.862 bits per heavy atom. The number of hydrogen-bond acceptors (Lipinski definition) is 3. The van der Waals surface area contributed by atoms with Gasteiger partial charge in [-0.2, -0.15) is 0 Å². The zero-order chi connectivity index (χ0) is 19.6. The third-order valence-electron chi connectivity index (χ3n) is 4.75. The van der Waals surface area contributed by atoms with Crippen LogP contribution in [-0.4, -0.2) is 25.0 Å². The summed E-state index contributed by atoms with van der Waals surface area (Å²) in [6.07, 6.45) is 7.08. The molecular formula is C23H17N5O. The smallest absolute Gasteiger partial charge is 0.255 e. The fraction of sp³-hybridized carbons (Fsp3) is 0. The molecule has 2 aromatic heterocycles. The summed E-state index contributed by atoms with van der Waals surface area (Å²) >= 11 is 0. The molecule has 5 aromatic rings. The van der Waals surface area contributed by atoms with Crippen molar-refractivity contribution in [1.82, 2.24) is 19.1 Å². The van der Waals surface area contributed by atoms with Crippen LogP contribution >= 0.6 is 0 Å². The molecule has 0 bridgehead atoms. The van der Waals surface area contributed by atoms with Gasteiger partial charge in [-0.15, -0.1) is 0 Å². The van der Waals surface area contributed by atoms with Gasteiger partial charge in [0, 0.05) is 35.0 Å². The van der Waals surface area contributed by atoms with Crippen molar-refractivity contribution in [2.24, 2.45) is 0 Å². The largest absolute Gasteiger partial charge is 0.322 e. The number of benzene rings is 3. The maximum atomic E-state index is 12.8. The molecule has 1 N–H and O–H groups in total. The van der Waals surface area contributed by atoms with Crippen LogP contribution in [-0.2, 0) is 0 Å². The molecule has 3 aromatic carbocycles. The van der Waals surface area contributed by atoms with Gasteiger partial charge in [-0.3, -0.25) is 9.36 Å². The topological polar surface area (TPSA) is 64.7 Å². The Balaban J connectivity index is 1.43. The fourth-order valence-corrected chi connectivity index (χ4v) is 3.32. The minimum Gasteiger partial charge on any atom is -0.322 e. The van der Waals surface area contributed by atoms with E-state index in [1.807, 2.05) is 82.1 Å². The van der Waals surface area contributed by atoms with Gasteiger partial charge in [0.2, 0.25) is 0 Å². The molecule has 6 nitrogen and oxygen atoms in total. The second-order valence-electron chi connectivity index (χ2n) is 6.63. The Bertz CT molecular complexity index is 1300. The van der Waals surface area contributed by atoms with Crippen molar-refractivity contribution in [3.05, 3.63) is 103 Å². The van der Waals surface area contributed by atoms with E-state index in [9.17, 15) is 4.79 Å². The Morgan fingerprint density at radius 3 is 2.62 bits per heavy atom. The first-order valence-electron chi connectivity index (χ1n) is 9.20. The average Bonchev–Trinajstić information content (AvgIpc) is 3.44. The van der Waals surface area contributed by atoms with Crippen molar-refractivity contribution in [3.63, 3.8) is 0 Å². The average molecular weight is 379 g/mol. The first-order valence-corrected chi connectivity index (χ1v) is 9.20. The summed E-state index contributed by atoms with van der Waals surface area (Å²) in [7, 11) is 0. The van der Waals surface area contributed by atoms with Crippen LogP contribution in [0.15, 0.2) is 97.8 Å². The molecule has 2 heterocycles. The summed E-state index contributed by atoms with van der Waals surface area (Å²) in [6, 6.07) is 23.1. The van der Waals surface area contributed by atoms with E-state index >= 15 is 0 Å². The predicted octanol–water partition coefficient (Wildman–Crippen LogP) is 4.46. The Kier molecular flexibility index (Phi) is 4.14. The van der Waals surface area contributed by atoms with Crippen molar-refractivity contribution >= 4 is 22.6 Å². The highest BCUT2D eigenvalue weighted by molar-refractivity contribution is 6.04. The van der Waals surface area contributed by atoms with Gasteiger partial charge in [0.1, 0.15) is 6.33 Å². The molecule has 140 valence electrons. The van der Waals surface area contributed by atoms with Crippen molar-refractivity contribution in [2.75, 3.05) is 5.32 Å². The van der Waals surface area contributed by atoms with E-state index in [1.54, 1.807) is 24.9 Å². The number of anilines is 1. The number of para-hydroxylation sites is 2. The lowest BCUT2D eigenvalue weighted by Crippen LogP contribution is -2.12. The molecule has 0 unspecified atom stereocenters. The standard InChI is InChI=1S/C23H17N5O/c29-23(26-18-6-4-7-19(14-18)27-12-11-24-15-27)17-5-3-8-20(13-17)28-16-25-21-9-1-2-10-22(21)28/h1-16H,(H,26,29). The number of amides is 1. The van der Waals surface area contributed by atoms with Crippen molar-refractivity contribution in [3.8, 4) is 11.4 Å². The third kappa shape index (κ3) is 3.27. The van der Waals surface area contributed by atoms with Crippen molar-refractivity contribution < 1.29 is 4.79 Å². The van der Waals surface area contributed by atoms with Gasteiger partial charge in [0.05, 0.1) is 17.4 Å². The zero-order valence-electron chi connectivity index (χ0n) is 15.4. The predicted molar refractivity (Wildman–Crippen MR) is 113 cm³/mol. The fourth-order valence-electron chi connectivity index (χ4n) is 3.32. The molecule has 0 aliphatic heterocycles. The first kappa shape index (κ1) is 16.9. The van der Waals surface area contributed by atoms with E-state index in [0.717, 1.165) is 28.1 Å². The van der Waals surface area contributed by atoms with E-state index < -0.39 is 0 Å². The van der Waals surface area contributed by atoms with Gasteiger partial charge in [-0.1, -0.05) is 24.3 Å². The minimum absolute atomic E-state index is 0.168. The molecular weight excluding hydrogens is 362 g/mol. The molecule has 29 heavy (non-hydrogen) atoms. The molecule has 1 amide bonds. The van der Waals surface area contributed by atoms with Crippen LogP contribution in [0.4, 0.5) is 5.69 Å². The summed E-state index contributed by atoms with van der Waals surface area (Å²) in [5.41, 5.74) is 5.03. The maximum absolute atomic E-state index is 12.8. The summed E-state index contributed by atoms with van der Waals surface area (Å²) in [6.45, 7) is 0. The molecule has 6 heteroatoms. The number of rotatable bonds is 4. The molecule has 0 atom stereocenters. The van der Waals surface area contributed by atoms with Crippen LogP contribution < -0.4 is 5.32 Å². The number of nitrogens with one attached hydrogen (secondary N) is 1. The zero-order valence-corrected chi connectivity index (χ0v) is 15.4. The third-order valence-corrected chi connectivity index (χ3v) is 4.75. The van der Waals surface area contributed by atoms with Crippen molar-refractivity contribution in [2.45, 2.75) is 0 Å². The van der Waals surface area contributed by atoms with E-state index in [-0.39, 0.29) is 5.91 Å². The van der Waals surface area contributed by atoms with Gasteiger partial charge in [-0.25, -0.2) is 9.97 Å². The Hall–Kier alpha value is -4.19. The maximum Gasteiger partial charge on any atom is 0.255 e. The quantitative estimate of drug-likeness (QED) is 0.501. The lowest BCUT2D eigenvalue weighted by Gasteiger charge is -2.10. The van der Waals surface area contributed by atoms with E-state index in [2.05, 4.69) is 15.3 Å². The monoisotopic (exact) mass is 379 g/mol. The van der Waals surface area contributed by atoms with Crippen LogP contribution in [0.25, 0.3) is 22.4 Å². The second-order valence-corrected chi connectivity index (χ2v) is 6.63. The molecule has 0 saturated heterocycles. The number of fused-ring (bicyclic) bond motifs is 1. The van der Waals surface area contributed by atoms with Crippen LogP contribution in [0.5, 0.6) is 0 Å². The number of aromatic nitrogens is 4. The highest BCUT2D eigenvalue weighted by Gasteiger charge is 2.10. The van der Waals surface area contributed by atoms with Gasteiger partial charge in [0.25, 0.3) is 5.91 Å². The summed E-state index contributed by atoms with van der Waals surface area (Å²) in [4.78, 5) is 21.3. The lowest BCUT2D eigenvalue weighted by molar-refractivity contribution is 0.102. The van der Waals surface area contributed by atoms with Crippen molar-refractivity contribution in [1.29, 1.82) is 0 Å². The highest BCUT2D eigenvalue weighted by Crippen LogP contribution is 2.20. The Labute approximate surface area is 167 Å². The molecule has 0 spiro atoms.